The molecule has 2 N–H and O–H groups in total. The Hall–Kier alpha value is -1.59. The van der Waals surface area contributed by atoms with Gasteiger partial charge in [0.05, 0.1) is 5.41 Å². The fraction of sp³-hybridized carbons (Fsp3) is 0.800. The van der Waals surface area contributed by atoms with E-state index in [4.69, 9.17) is 5.11 Å². The van der Waals surface area contributed by atoms with Crippen LogP contribution in [0, 0.1) is 10.8 Å². The summed E-state index contributed by atoms with van der Waals surface area (Å²) in [6.45, 7) is 8.46. The van der Waals surface area contributed by atoms with Crippen molar-refractivity contribution in [2.75, 3.05) is 13.1 Å². The van der Waals surface area contributed by atoms with Crippen LogP contribution in [0.1, 0.15) is 53.4 Å². The molecule has 6 heteroatoms. The molecule has 21 heavy (non-hydrogen) atoms. The molecule has 1 heterocycles. The molecule has 0 aromatic carbocycles. The Labute approximate surface area is 125 Å². The molecule has 1 aliphatic rings. The molecule has 6 nitrogen and oxygen atoms in total. The number of carbonyl (C=O) groups excluding carboxylic acids is 2. The van der Waals surface area contributed by atoms with Gasteiger partial charge in [-0.2, -0.15) is 0 Å². The zero-order valence-electron chi connectivity index (χ0n) is 13.4. The molecule has 0 radical (unpaired) electrons. The van der Waals surface area contributed by atoms with Gasteiger partial charge in [0.2, 0.25) is 5.91 Å². The second-order valence-corrected chi connectivity index (χ2v) is 6.60. The number of carboxylic acid groups (broad SMARTS) is 1. The average molecular weight is 298 g/mol. The van der Waals surface area contributed by atoms with Crippen LogP contribution in [0.5, 0.6) is 0 Å². The summed E-state index contributed by atoms with van der Waals surface area (Å²) >= 11 is 0. The van der Waals surface area contributed by atoms with E-state index in [2.05, 4.69) is 19.2 Å². The van der Waals surface area contributed by atoms with Crippen molar-refractivity contribution in [2.24, 2.45) is 10.8 Å². The number of nitrogens with zero attached hydrogens (tertiary/aromatic N) is 1. The molecule has 1 fully saturated rings. The molecule has 1 aliphatic heterocycles. The fourth-order valence-electron chi connectivity index (χ4n) is 2.66. The number of carbonyl (C=O) groups is 3. The minimum atomic E-state index is -1.17. The summed E-state index contributed by atoms with van der Waals surface area (Å²) in [5.74, 6) is -1.60. The van der Waals surface area contributed by atoms with Crippen LogP contribution in [0.4, 0.5) is 4.79 Å². The van der Waals surface area contributed by atoms with Crippen molar-refractivity contribution in [3.8, 4) is 0 Å². The molecular weight excluding hydrogens is 272 g/mol. The van der Waals surface area contributed by atoms with Gasteiger partial charge < -0.3 is 10.0 Å². The number of amides is 3. The first kappa shape index (κ1) is 17.5. The minimum Gasteiger partial charge on any atom is -0.481 e. The van der Waals surface area contributed by atoms with E-state index in [1.165, 1.54) is 13.8 Å². The number of imide groups is 1. The third-order valence-corrected chi connectivity index (χ3v) is 4.65. The topological polar surface area (TPSA) is 86.7 Å². The number of carboxylic acids is 1. The van der Waals surface area contributed by atoms with Gasteiger partial charge in [-0.15, -0.1) is 0 Å². The van der Waals surface area contributed by atoms with Gasteiger partial charge >= 0.3 is 12.0 Å². The summed E-state index contributed by atoms with van der Waals surface area (Å²) in [5.41, 5.74) is -1.02. The molecular formula is C15H26N2O4. The van der Waals surface area contributed by atoms with Gasteiger partial charge in [-0.25, -0.2) is 4.79 Å². The van der Waals surface area contributed by atoms with Crippen LogP contribution in [-0.2, 0) is 9.59 Å². The SMILES string of the molecule is CCC1(CC)CCN(C(=O)NC(=O)CC(C)(C)C(=O)O)C1. The fourth-order valence-corrected chi connectivity index (χ4v) is 2.66. The lowest BCUT2D eigenvalue weighted by Crippen LogP contribution is -2.44. The van der Waals surface area contributed by atoms with Crippen LogP contribution in [-0.4, -0.2) is 41.0 Å². The van der Waals surface area contributed by atoms with Gasteiger partial charge in [-0.05, 0) is 38.5 Å². The second-order valence-electron chi connectivity index (χ2n) is 6.60. The van der Waals surface area contributed by atoms with Crippen LogP contribution >= 0.6 is 0 Å². The minimum absolute atomic E-state index is 0.153. The van der Waals surface area contributed by atoms with Gasteiger partial charge in [-0.1, -0.05) is 13.8 Å². The highest BCUT2D eigenvalue weighted by Gasteiger charge is 2.38. The Morgan fingerprint density at radius 2 is 1.81 bits per heavy atom. The number of nitrogens with one attached hydrogen (secondary N) is 1. The van der Waals surface area contributed by atoms with E-state index in [9.17, 15) is 14.4 Å². The summed E-state index contributed by atoms with van der Waals surface area (Å²) in [6.07, 6.45) is 2.75. The average Bonchev–Trinajstić information content (AvgIpc) is 2.83. The third kappa shape index (κ3) is 4.19. The molecule has 0 spiro atoms. The number of hydrogen-bond donors (Lipinski definition) is 2. The largest absolute Gasteiger partial charge is 0.481 e. The Morgan fingerprint density at radius 1 is 1.24 bits per heavy atom. The highest BCUT2D eigenvalue weighted by atomic mass is 16.4. The van der Waals surface area contributed by atoms with E-state index in [-0.39, 0.29) is 11.8 Å². The van der Waals surface area contributed by atoms with Gasteiger partial charge in [0.25, 0.3) is 0 Å². The Balaban J connectivity index is 2.55. The molecule has 0 saturated carbocycles. The van der Waals surface area contributed by atoms with Crippen LogP contribution in [0.3, 0.4) is 0 Å². The number of urea groups is 1. The molecule has 3 amide bonds. The highest BCUT2D eigenvalue weighted by molar-refractivity contribution is 5.96. The van der Waals surface area contributed by atoms with Crippen LogP contribution in [0.15, 0.2) is 0 Å². The van der Waals surface area contributed by atoms with Crippen molar-refractivity contribution in [3.05, 3.63) is 0 Å². The molecule has 120 valence electrons. The molecule has 1 rings (SSSR count). The number of aliphatic carboxylic acids is 1. The third-order valence-electron chi connectivity index (χ3n) is 4.65. The van der Waals surface area contributed by atoms with Gasteiger partial charge in [0.15, 0.2) is 0 Å². The summed E-state index contributed by atoms with van der Waals surface area (Å²) in [7, 11) is 0. The zero-order valence-corrected chi connectivity index (χ0v) is 13.4. The van der Waals surface area contributed by atoms with Crippen molar-refractivity contribution in [1.29, 1.82) is 0 Å². The van der Waals surface area contributed by atoms with Crippen LogP contribution in [0.2, 0.25) is 0 Å². The maximum absolute atomic E-state index is 12.1. The Kier molecular flexibility index (Phi) is 5.36. The quantitative estimate of drug-likeness (QED) is 0.815. The van der Waals surface area contributed by atoms with E-state index >= 15 is 0 Å². The lowest BCUT2D eigenvalue weighted by atomic mass is 9.82. The second kappa shape index (κ2) is 6.45. The van der Waals surface area contributed by atoms with Crippen LogP contribution in [0.25, 0.3) is 0 Å². The summed E-state index contributed by atoms with van der Waals surface area (Å²) in [6, 6.07) is -0.412. The van der Waals surface area contributed by atoms with Crippen molar-refractivity contribution in [3.63, 3.8) is 0 Å². The van der Waals surface area contributed by atoms with Crippen molar-refractivity contribution < 1.29 is 19.5 Å². The van der Waals surface area contributed by atoms with Crippen molar-refractivity contribution in [2.45, 2.75) is 53.4 Å². The Morgan fingerprint density at radius 3 is 2.24 bits per heavy atom. The monoisotopic (exact) mass is 298 g/mol. The van der Waals surface area contributed by atoms with Gasteiger partial charge in [0, 0.05) is 19.5 Å². The molecule has 1 saturated heterocycles. The summed E-state index contributed by atoms with van der Waals surface area (Å²) in [5, 5.41) is 11.3. The predicted molar refractivity (Wildman–Crippen MR) is 78.8 cm³/mol. The zero-order chi connectivity index (χ0) is 16.3. The summed E-state index contributed by atoms with van der Waals surface area (Å²) < 4.78 is 0. The van der Waals surface area contributed by atoms with E-state index < -0.39 is 23.3 Å². The first-order chi connectivity index (χ1) is 9.65. The summed E-state index contributed by atoms with van der Waals surface area (Å²) in [4.78, 5) is 36.5. The van der Waals surface area contributed by atoms with Crippen molar-refractivity contribution in [1.82, 2.24) is 10.2 Å². The number of hydrogen-bond acceptors (Lipinski definition) is 3. The molecule has 0 atom stereocenters. The molecule has 0 bridgehead atoms. The lowest BCUT2D eigenvalue weighted by molar-refractivity contribution is -0.149. The molecule has 0 unspecified atom stereocenters. The smallest absolute Gasteiger partial charge is 0.324 e. The van der Waals surface area contributed by atoms with E-state index in [1.807, 2.05) is 0 Å². The standard InChI is InChI=1S/C15H26N2O4/c1-5-15(6-2)7-8-17(10-15)13(21)16-11(18)9-14(3,4)12(19)20/h5-10H2,1-4H3,(H,19,20)(H,16,18,21). The van der Waals surface area contributed by atoms with E-state index in [1.54, 1.807) is 4.90 Å². The van der Waals surface area contributed by atoms with Crippen molar-refractivity contribution >= 4 is 17.9 Å². The first-order valence-corrected chi connectivity index (χ1v) is 7.48. The molecule has 0 aromatic rings. The number of rotatable bonds is 5. The van der Waals surface area contributed by atoms with E-state index in [0.29, 0.717) is 13.1 Å². The molecule has 0 aliphatic carbocycles. The first-order valence-electron chi connectivity index (χ1n) is 7.48. The Bertz CT molecular complexity index is 427. The number of likely N-dealkylation sites (tertiary alicyclic amines) is 1. The van der Waals surface area contributed by atoms with Gasteiger partial charge in [0.1, 0.15) is 0 Å². The molecule has 0 aromatic heterocycles. The lowest BCUT2D eigenvalue weighted by Gasteiger charge is -2.26. The maximum atomic E-state index is 12.1. The van der Waals surface area contributed by atoms with E-state index in [0.717, 1.165) is 19.3 Å². The van der Waals surface area contributed by atoms with Gasteiger partial charge in [-0.3, -0.25) is 14.9 Å². The normalized spacial score (nSPS) is 17.6. The highest BCUT2D eigenvalue weighted by Crippen LogP contribution is 2.36. The maximum Gasteiger partial charge on any atom is 0.324 e. The van der Waals surface area contributed by atoms with Crippen LogP contribution < -0.4 is 5.32 Å². The predicted octanol–water partition coefficient (Wildman–Crippen LogP) is 2.24.